The van der Waals surface area contributed by atoms with Gasteiger partial charge in [-0.15, -0.1) is 0 Å². The van der Waals surface area contributed by atoms with Crippen LogP contribution in [0.2, 0.25) is 0 Å². The highest BCUT2D eigenvalue weighted by Gasteiger charge is 2.17. The summed E-state index contributed by atoms with van der Waals surface area (Å²) in [6.45, 7) is 0. The van der Waals surface area contributed by atoms with Crippen molar-refractivity contribution in [2.24, 2.45) is 0 Å². The first-order valence-electron chi connectivity index (χ1n) is 13.0. The minimum atomic E-state index is 1.18. The average molecular weight is 485 g/mol. The van der Waals surface area contributed by atoms with E-state index in [-0.39, 0.29) is 0 Å². The Morgan fingerprint density at radius 1 is 0.342 bits per heavy atom. The molecule has 0 bridgehead atoms. The molecule has 0 amide bonds. The van der Waals surface area contributed by atoms with Crippen molar-refractivity contribution in [1.82, 2.24) is 9.13 Å². The second-order valence-corrected chi connectivity index (χ2v) is 9.81. The molecule has 0 aliphatic carbocycles. The first-order chi connectivity index (χ1) is 18.9. The van der Waals surface area contributed by atoms with E-state index in [9.17, 15) is 0 Å². The van der Waals surface area contributed by atoms with Crippen LogP contribution in [0.15, 0.2) is 146 Å². The number of benzene rings is 6. The van der Waals surface area contributed by atoms with Gasteiger partial charge in [-0.2, -0.15) is 0 Å². The zero-order chi connectivity index (χ0) is 25.1. The van der Waals surface area contributed by atoms with E-state index in [4.69, 9.17) is 0 Å². The fourth-order valence-corrected chi connectivity index (χ4v) is 6.11. The third-order valence-corrected chi connectivity index (χ3v) is 7.71. The van der Waals surface area contributed by atoms with Gasteiger partial charge < -0.3 is 9.13 Å². The summed E-state index contributed by atoms with van der Waals surface area (Å²) in [4.78, 5) is 0. The number of rotatable bonds is 3. The lowest BCUT2D eigenvalue weighted by Crippen LogP contribution is -1.93. The Hall–Kier alpha value is -5.08. The molecule has 2 aromatic heterocycles. The Morgan fingerprint density at radius 3 is 1.58 bits per heavy atom. The van der Waals surface area contributed by atoms with Gasteiger partial charge in [-0.25, -0.2) is 0 Å². The lowest BCUT2D eigenvalue weighted by atomic mass is 9.98. The molecule has 178 valence electrons. The topological polar surface area (TPSA) is 9.86 Å². The average Bonchev–Trinajstić information content (AvgIpc) is 3.51. The summed E-state index contributed by atoms with van der Waals surface area (Å²) in [7, 11) is 0. The second kappa shape index (κ2) is 8.22. The Labute approximate surface area is 220 Å². The molecule has 2 heteroatoms. The molecule has 0 aliphatic heterocycles. The van der Waals surface area contributed by atoms with Crippen LogP contribution in [-0.4, -0.2) is 9.13 Å². The van der Waals surface area contributed by atoms with Crippen molar-refractivity contribution in [2.75, 3.05) is 0 Å². The van der Waals surface area contributed by atoms with Gasteiger partial charge in [0.2, 0.25) is 0 Å². The highest BCUT2D eigenvalue weighted by atomic mass is 15.0. The van der Waals surface area contributed by atoms with Gasteiger partial charge in [-0.05, 0) is 59.7 Å². The van der Waals surface area contributed by atoms with Crippen LogP contribution in [0.4, 0.5) is 0 Å². The number of hydrogen-bond acceptors (Lipinski definition) is 0. The van der Waals surface area contributed by atoms with Gasteiger partial charge in [0, 0.05) is 32.9 Å². The summed E-state index contributed by atoms with van der Waals surface area (Å²) in [6, 6.07) is 52.4. The van der Waals surface area contributed by atoms with Gasteiger partial charge in [0.1, 0.15) is 0 Å². The van der Waals surface area contributed by atoms with Gasteiger partial charge in [0.05, 0.1) is 22.1 Å². The standard InChI is InChI=1S/C36H24N2/c1-3-12-26(13-4-1)37-33-20-10-8-17-31(33)36-28(18-11-21-34(36)37)25-22-23-30-29-16-7-9-19-32(29)38(35(30)24-25)27-14-5-2-6-15-27/h1-24H. The normalized spacial score (nSPS) is 11.7. The number of aromatic nitrogens is 2. The van der Waals surface area contributed by atoms with Crippen LogP contribution in [0.1, 0.15) is 0 Å². The molecule has 8 aromatic rings. The minimum Gasteiger partial charge on any atom is -0.309 e. The van der Waals surface area contributed by atoms with Crippen molar-refractivity contribution < 1.29 is 0 Å². The Bertz CT molecular complexity index is 2110. The monoisotopic (exact) mass is 484 g/mol. The highest BCUT2D eigenvalue weighted by molar-refractivity contribution is 6.17. The largest absolute Gasteiger partial charge is 0.309 e. The van der Waals surface area contributed by atoms with Gasteiger partial charge in [-0.1, -0.05) is 97.1 Å². The van der Waals surface area contributed by atoms with Crippen LogP contribution in [0, 0.1) is 0 Å². The van der Waals surface area contributed by atoms with E-state index in [1.807, 2.05) is 0 Å². The molecule has 0 saturated heterocycles. The van der Waals surface area contributed by atoms with Gasteiger partial charge in [0.25, 0.3) is 0 Å². The Morgan fingerprint density at radius 2 is 0.868 bits per heavy atom. The van der Waals surface area contributed by atoms with Crippen molar-refractivity contribution in [1.29, 1.82) is 0 Å². The fraction of sp³-hybridized carbons (Fsp3) is 0. The maximum Gasteiger partial charge on any atom is 0.0547 e. The van der Waals surface area contributed by atoms with Crippen molar-refractivity contribution >= 4 is 43.6 Å². The van der Waals surface area contributed by atoms with E-state index in [2.05, 4.69) is 155 Å². The molecule has 0 atom stereocenters. The first kappa shape index (κ1) is 21.0. The second-order valence-electron chi connectivity index (χ2n) is 9.81. The quantitative estimate of drug-likeness (QED) is 0.236. The summed E-state index contributed by atoms with van der Waals surface area (Å²) in [5, 5.41) is 5.10. The van der Waals surface area contributed by atoms with E-state index in [0.29, 0.717) is 0 Å². The predicted octanol–water partition coefficient (Wildman–Crippen LogP) is 9.55. The SMILES string of the molecule is c1ccc(-n2c3ccccc3c3ccc(-c4cccc5c4c4ccccc4n5-c4ccccc4)cc32)cc1. The van der Waals surface area contributed by atoms with Gasteiger partial charge >= 0.3 is 0 Å². The highest BCUT2D eigenvalue weighted by Crippen LogP contribution is 2.40. The van der Waals surface area contributed by atoms with Crippen LogP contribution in [0.5, 0.6) is 0 Å². The summed E-state index contributed by atoms with van der Waals surface area (Å²) in [5.41, 5.74) is 9.71. The third-order valence-electron chi connectivity index (χ3n) is 7.71. The lowest BCUT2D eigenvalue weighted by molar-refractivity contribution is 1.18. The number of fused-ring (bicyclic) bond motifs is 6. The molecule has 0 fully saturated rings. The molecule has 0 saturated carbocycles. The number of para-hydroxylation sites is 4. The zero-order valence-electron chi connectivity index (χ0n) is 20.8. The summed E-state index contributed by atoms with van der Waals surface area (Å²) < 4.78 is 4.77. The number of nitrogens with zero attached hydrogens (tertiary/aromatic N) is 2. The smallest absolute Gasteiger partial charge is 0.0547 e. The van der Waals surface area contributed by atoms with Crippen LogP contribution >= 0.6 is 0 Å². The molecule has 0 unspecified atom stereocenters. The van der Waals surface area contributed by atoms with E-state index in [1.165, 1.54) is 66.1 Å². The molecule has 0 spiro atoms. The van der Waals surface area contributed by atoms with Crippen molar-refractivity contribution in [3.8, 4) is 22.5 Å². The molecule has 0 radical (unpaired) electrons. The molecule has 0 N–H and O–H groups in total. The minimum absolute atomic E-state index is 1.18. The summed E-state index contributed by atoms with van der Waals surface area (Å²) in [6.07, 6.45) is 0. The van der Waals surface area contributed by atoms with Crippen LogP contribution in [0.3, 0.4) is 0 Å². The van der Waals surface area contributed by atoms with Crippen LogP contribution < -0.4 is 0 Å². The van der Waals surface area contributed by atoms with Crippen molar-refractivity contribution in [3.05, 3.63) is 146 Å². The van der Waals surface area contributed by atoms with E-state index in [1.54, 1.807) is 0 Å². The molecular formula is C36H24N2. The Kier molecular flexibility index (Phi) is 4.55. The molecule has 38 heavy (non-hydrogen) atoms. The summed E-state index contributed by atoms with van der Waals surface area (Å²) >= 11 is 0. The van der Waals surface area contributed by atoms with Crippen molar-refractivity contribution in [2.45, 2.75) is 0 Å². The molecule has 0 aliphatic rings. The fourth-order valence-electron chi connectivity index (χ4n) is 6.11. The van der Waals surface area contributed by atoms with E-state index in [0.717, 1.165) is 0 Å². The van der Waals surface area contributed by atoms with E-state index >= 15 is 0 Å². The van der Waals surface area contributed by atoms with E-state index < -0.39 is 0 Å². The maximum absolute atomic E-state index is 2.39. The van der Waals surface area contributed by atoms with Crippen molar-refractivity contribution in [3.63, 3.8) is 0 Å². The third kappa shape index (κ3) is 3.01. The van der Waals surface area contributed by atoms with Gasteiger partial charge in [0.15, 0.2) is 0 Å². The molecule has 8 rings (SSSR count). The molecule has 2 heterocycles. The molecular weight excluding hydrogens is 460 g/mol. The maximum atomic E-state index is 2.39. The van der Waals surface area contributed by atoms with Gasteiger partial charge in [-0.3, -0.25) is 0 Å². The summed E-state index contributed by atoms with van der Waals surface area (Å²) in [5.74, 6) is 0. The predicted molar refractivity (Wildman–Crippen MR) is 161 cm³/mol. The zero-order valence-corrected chi connectivity index (χ0v) is 20.8. The molecule has 2 nitrogen and oxygen atoms in total. The number of hydrogen-bond donors (Lipinski definition) is 0. The Balaban J connectivity index is 1.46. The first-order valence-corrected chi connectivity index (χ1v) is 13.0. The lowest BCUT2D eigenvalue weighted by Gasteiger charge is -2.10. The molecule has 6 aromatic carbocycles. The van der Waals surface area contributed by atoms with Crippen LogP contribution in [0.25, 0.3) is 66.1 Å². The van der Waals surface area contributed by atoms with Crippen LogP contribution in [-0.2, 0) is 0 Å².